The molecule has 2 aliphatic rings. The van der Waals surface area contributed by atoms with E-state index in [9.17, 15) is 13.9 Å². The van der Waals surface area contributed by atoms with Gasteiger partial charge in [-0.3, -0.25) is 4.39 Å². The van der Waals surface area contributed by atoms with Gasteiger partial charge >= 0.3 is 6.01 Å². The third-order valence-corrected chi connectivity index (χ3v) is 6.91. The van der Waals surface area contributed by atoms with Crippen molar-refractivity contribution in [1.29, 1.82) is 0 Å². The summed E-state index contributed by atoms with van der Waals surface area (Å²) in [7, 11) is 0. The molecule has 1 atom stereocenters. The predicted octanol–water partition coefficient (Wildman–Crippen LogP) is 5.81. The molecule has 0 saturated carbocycles. The molecule has 0 spiro atoms. The fourth-order valence-electron chi connectivity index (χ4n) is 5.07. The highest BCUT2D eigenvalue weighted by Crippen LogP contribution is 2.43. The molecule has 0 amide bonds. The molecule has 4 heterocycles. The molecule has 2 aromatic heterocycles. The molecular weight excluding hydrogens is 509 g/mol. The van der Waals surface area contributed by atoms with Gasteiger partial charge in [0.05, 0.1) is 24.9 Å². The number of allylic oxidation sites excluding steroid dienone is 1. The number of phenols is 1. The maximum atomic E-state index is 16.5. The van der Waals surface area contributed by atoms with Gasteiger partial charge in [-0.2, -0.15) is 9.97 Å². The normalized spacial score (nSPS) is 16.1. The quantitative estimate of drug-likeness (QED) is 0.248. The molecule has 39 heavy (non-hydrogen) atoms. The molecule has 4 aromatic rings. The lowest BCUT2D eigenvalue weighted by molar-refractivity contribution is 0.274. The molecule has 0 radical (unpaired) electrons. The number of aromatic hydroxyl groups is 1. The van der Waals surface area contributed by atoms with Crippen LogP contribution in [-0.2, 0) is 0 Å². The van der Waals surface area contributed by atoms with Crippen molar-refractivity contribution in [2.24, 2.45) is 0 Å². The summed E-state index contributed by atoms with van der Waals surface area (Å²) in [6.45, 7) is -0.0689. The fraction of sp³-hybridized carbons (Fsp3) is 0.276. The smallest absolute Gasteiger partial charge is 0.319 e. The minimum Gasteiger partial charge on any atom is -0.508 e. The van der Waals surface area contributed by atoms with E-state index in [0.29, 0.717) is 24.0 Å². The third-order valence-electron chi connectivity index (χ3n) is 6.91. The molecule has 6 rings (SSSR count). The van der Waals surface area contributed by atoms with Gasteiger partial charge in [0.25, 0.3) is 0 Å². The first-order valence-corrected chi connectivity index (χ1v) is 12.6. The van der Waals surface area contributed by atoms with Gasteiger partial charge in [-0.25, -0.2) is 13.8 Å². The maximum absolute atomic E-state index is 16.5. The summed E-state index contributed by atoms with van der Waals surface area (Å²) < 4.78 is 55.6. The lowest BCUT2D eigenvalue weighted by Crippen LogP contribution is -2.37. The number of rotatable bonds is 6. The van der Waals surface area contributed by atoms with Crippen LogP contribution in [0, 0.1) is 24.0 Å². The summed E-state index contributed by atoms with van der Waals surface area (Å²) >= 11 is 0. The molecular formula is C29H23F3N4O3. The Morgan fingerprint density at radius 2 is 2.03 bits per heavy atom. The van der Waals surface area contributed by atoms with Gasteiger partial charge in [-0.15, -0.1) is 6.42 Å². The molecule has 0 unspecified atom stereocenters. The fourth-order valence-corrected chi connectivity index (χ4v) is 5.07. The standard InChI is InChI=1S/C29H23F3N4O3/c1-2-19-21(31)9-8-16-13-18(37)14-20(22(16)19)25-24(32)26-23-27(35-29(34-26)38-12-6-4-10-30)36-11-5-3-7-17(36)15-39-28(23)33-25/h1,5,8-9,11,13-14,17,37H,3-4,6-7,10,12,15H2/t17-/m0/s1. The second-order valence-corrected chi connectivity index (χ2v) is 9.37. The average molecular weight is 533 g/mol. The Balaban J connectivity index is 1.63. The van der Waals surface area contributed by atoms with Crippen molar-refractivity contribution >= 4 is 27.5 Å². The Labute approximate surface area is 221 Å². The molecule has 2 aliphatic heterocycles. The number of anilines is 1. The van der Waals surface area contributed by atoms with Crippen molar-refractivity contribution in [3.8, 4) is 41.2 Å². The zero-order chi connectivity index (χ0) is 27.1. The highest BCUT2D eigenvalue weighted by Gasteiger charge is 2.33. The molecule has 0 saturated heterocycles. The van der Waals surface area contributed by atoms with Crippen LogP contribution in [0.2, 0.25) is 0 Å². The molecule has 0 fully saturated rings. The highest BCUT2D eigenvalue weighted by atomic mass is 19.1. The average Bonchev–Trinajstić information content (AvgIpc) is 3.10. The van der Waals surface area contributed by atoms with Gasteiger partial charge in [0, 0.05) is 17.1 Å². The number of ether oxygens (including phenoxy) is 2. The van der Waals surface area contributed by atoms with Crippen molar-refractivity contribution in [3.63, 3.8) is 0 Å². The minimum absolute atomic E-state index is 0.0749. The number of nitrogens with zero attached hydrogens (tertiary/aromatic N) is 4. The van der Waals surface area contributed by atoms with E-state index in [0.717, 1.165) is 12.8 Å². The third kappa shape index (κ3) is 4.24. The van der Waals surface area contributed by atoms with E-state index < -0.39 is 18.3 Å². The van der Waals surface area contributed by atoms with Crippen molar-refractivity contribution < 1.29 is 27.8 Å². The minimum atomic E-state index is -0.840. The van der Waals surface area contributed by atoms with Gasteiger partial charge in [-0.05, 0) is 49.3 Å². The Bertz CT molecular complexity index is 1690. The molecule has 0 aliphatic carbocycles. The van der Waals surface area contributed by atoms with E-state index in [-0.39, 0.29) is 70.0 Å². The van der Waals surface area contributed by atoms with Crippen LogP contribution in [0.1, 0.15) is 31.2 Å². The Hall–Kier alpha value is -4.52. The molecule has 7 nitrogen and oxygen atoms in total. The first-order chi connectivity index (χ1) is 19.0. The summed E-state index contributed by atoms with van der Waals surface area (Å²) in [6.07, 6.45) is 11.9. The van der Waals surface area contributed by atoms with Crippen LogP contribution in [0.4, 0.5) is 19.0 Å². The molecule has 1 N–H and O–H groups in total. The van der Waals surface area contributed by atoms with Gasteiger partial charge in [-0.1, -0.05) is 18.1 Å². The zero-order valence-electron chi connectivity index (χ0n) is 20.8. The van der Waals surface area contributed by atoms with Crippen molar-refractivity contribution in [2.45, 2.75) is 31.7 Å². The van der Waals surface area contributed by atoms with Crippen LogP contribution in [0.5, 0.6) is 17.6 Å². The van der Waals surface area contributed by atoms with Crippen LogP contribution in [0.25, 0.3) is 32.9 Å². The van der Waals surface area contributed by atoms with E-state index in [1.807, 2.05) is 17.2 Å². The number of phenolic OH excluding ortho intramolecular Hbond substituents is 1. The lowest BCUT2D eigenvalue weighted by atomic mass is 9.95. The lowest BCUT2D eigenvalue weighted by Gasteiger charge is -2.30. The van der Waals surface area contributed by atoms with Crippen molar-refractivity contribution in [1.82, 2.24) is 15.0 Å². The first kappa shape index (κ1) is 24.8. The topological polar surface area (TPSA) is 80.6 Å². The molecule has 10 heteroatoms. The number of halogens is 3. The van der Waals surface area contributed by atoms with Crippen LogP contribution < -0.4 is 14.4 Å². The van der Waals surface area contributed by atoms with Crippen LogP contribution in [0.3, 0.4) is 0 Å². The summed E-state index contributed by atoms with van der Waals surface area (Å²) in [5.74, 6) is 1.13. The zero-order valence-corrected chi connectivity index (χ0v) is 20.8. The van der Waals surface area contributed by atoms with E-state index in [1.54, 1.807) is 0 Å². The molecule has 2 aromatic carbocycles. The number of hydrogen-bond donors (Lipinski definition) is 1. The summed E-state index contributed by atoms with van der Waals surface area (Å²) in [5.41, 5.74) is -0.332. The van der Waals surface area contributed by atoms with E-state index in [1.165, 1.54) is 24.3 Å². The van der Waals surface area contributed by atoms with Gasteiger partial charge in [0.15, 0.2) is 11.6 Å². The predicted molar refractivity (Wildman–Crippen MR) is 141 cm³/mol. The van der Waals surface area contributed by atoms with Crippen LogP contribution in [0.15, 0.2) is 36.5 Å². The number of hydrogen-bond acceptors (Lipinski definition) is 7. The summed E-state index contributed by atoms with van der Waals surface area (Å²) in [5, 5.41) is 11.3. The SMILES string of the molecule is C#Cc1c(F)ccc2cc(O)cc(-c3nc4c5c(nc(OCCCCF)nc5c3F)N3C=CCC[C@H]3CO4)c12. The van der Waals surface area contributed by atoms with E-state index >= 15 is 4.39 Å². The molecule has 0 bridgehead atoms. The van der Waals surface area contributed by atoms with E-state index in [4.69, 9.17) is 15.9 Å². The number of alkyl halides is 1. The Morgan fingerprint density at radius 3 is 2.85 bits per heavy atom. The Morgan fingerprint density at radius 1 is 1.15 bits per heavy atom. The number of benzene rings is 2. The summed E-state index contributed by atoms with van der Waals surface area (Å²) in [4.78, 5) is 15.3. The number of aromatic nitrogens is 3. The highest BCUT2D eigenvalue weighted by molar-refractivity contribution is 6.04. The maximum Gasteiger partial charge on any atom is 0.319 e. The second-order valence-electron chi connectivity index (χ2n) is 9.37. The number of fused-ring (bicyclic) bond motifs is 3. The number of terminal acetylenes is 1. The van der Waals surface area contributed by atoms with Crippen LogP contribution in [-0.4, -0.2) is 46.0 Å². The first-order valence-electron chi connectivity index (χ1n) is 12.6. The van der Waals surface area contributed by atoms with Gasteiger partial charge in [0.2, 0.25) is 5.88 Å². The van der Waals surface area contributed by atoms with Gasteiger partial charge in [0.1, 0.15) is 34.8 Å². The van der Waals surface area contributed by atoms with E-state index in [2.05, 4.69) is 20.9 Å². The Kier molecular flexibility index (Phi) is 6.35. The van der Waals surface area contributed by atoms with Gasteiger partial charge < -0.3 is 19.5 Å². The van der Waals surface area contributed by atoms with Crippen LogP contribution >= 0.6 is 0 Å². The monoisotopic (exact) mass is 532 g/mol. The number of pyridine rings is 1. The largest absolute Gasteiger partial charge is 0.508 e. The van der Waals surface area contributed by atoms with Crippen molar-refractivity contribution in [2.75, 3.05) is 24.8 Å². The van der Waals surface area contributed by atoms with Crippen molar-refractivity contribution in [3.05, 3.63) is 53.7 Å². The number of unbranched alkanes of at least 4 members (excludes halogenated alkanes) is 1. The molecule has 198 valence electrons. The second kappa shape index (κ2) is 9.98. The summed E-state index contributed by atoms with van der Waals surface area (Å²) in [6, 6.07) is 5.18.